The Morgan fingerprint density at radius 2 is 1.68 bits per heavy atom. The molecule has 0 N–H and O–H groups in total. The second-order valence-corrected chi connectivity index (χ2v) is 8.51. The van der Waals surface area contributed by atoms with Crippen LogP contribution >= 0.6 is 0 Å². The molecule has 0 unspecified atom stereocenters. The molecule has 0 aliphatic rings. The van der Waals surface area contributed by atoms with Crippen LogP contribution in [-0.4, -0.2) is 34.3 Å². The number of halogens is 3. The zero-order chi connectivity index (χ0) is 25.3. The summed E-state index contributed by atoms with van der Waals surface area (Å²) in [7, 11) is 2.99. The summed E-state index contributed by atoms with van der Waals surface area (Å²) in [6.07, 6.45) is -2.12. The van der Waals surface area contributed by atoms with E-state index < -0.39 is 29.4 Å². The van der Waals surface area contributed by atoms with E-state index in [4.69, 9.17) is 9.47 Å². The highest BCUT2D eigenvalue weighted by Crippen LogP contribution is 2.38. The van der Waals surface area contributed by atoms with Crippen molar-refractivity contribution in [3.05, 3.63) is 66.1 Å². The number of benzene rings is 2. The molecule has 0 bridgehead atoms. The number of amides is 1. The maximum atomic E-state index is 13.3. The number of alkyl halides is 3. The van der Waals surface area contributed by atoms with Crippen molar-refractivity contribution in [2.75, 3.05) is 12.0 Å². The molecule has 0 atom stereocenters. The molecule has 0 saturated carbocycles. The van der Waals surface area contributed by atoms with E-state index in [0.29, 0.717) is 11.3 Å². The summed E-state index contributed by atoms with van der Waals surface area (Å²) in [6, 6.07) is 8.59. The number of aromatic nitrogens is 2. The molecule has 3 rings (SSSR count). The molecule has 0 fully saturated rings. The highest BCUT2D eigenvalue weighted by Gasteiger charge is 2.32. The second kappa shape index (κ2) is 9.20. The molecule has 10 heteroatoms. The molecular formula is C24H24F3N3O4. The summed E-state index contributed by atoms with van der Waals surface area (Å²) in [5.74, 6) is -0.595. The van der Waals surface area contributed by atoms with Crippen molar-refractivity contribution in [2.24, 2.45) is 7.05 Å². The predicted octanol–water partition coefficient (Wildman–Crippen LogP) is 5.97. The second-order valence-electron chi connectivity index (χ2n) is 8.51. The molecule has 1 amide bonds. The van der Waals surface area contributed by atoms with E-state index in [1.54, 1.807) is 44.9 Å². The number of carbonyl (C=O) groups is 2. The largest absolute Gasteiger partial charge is 0.465 e. The Labute approximate surface area is 194 Å². The zero-order valence-electron chi connectivity index (χ0n) is 19.3. The standard InChI is InChI=1S/C24H24F3N3O4/c1-23(2,3)34-22(32)30(17-9-7-16(8-10-17)24(25,26)27)20-11-6-15(21(31)33-5)12-18(20)19-13-29(4)14-28-19/h6-14H,1-5H3. The minimum Gasteiger partial charge on any atom is -0.465 e. The van der Waals surface area contributed by atoms with Gasteiger partial charge in [0.2, 0.25) is 0 Å². The first-order valence-corrected chi connectivity index (χ1v) is 10.2. The van der Waals surface area contributed by atoms with Gasteiger partial charge < -0.3 is 14.0 Å². The molecular weight excluding hydrogens is 451 g/mol. The van der Waals surface area contributed by atoms with Gasteiger partial charge in [0.15, 0.2) is 0 Å². The van der Waals surface area contributed by atoms with Gasteiger partial charge in [0.1, 0.15) is 5.60 Å². The molecule has 0 aliphatic heterocycles. The van der Waals surface area contributed by atoms with E-state index in [1.165, 1.54) is 37.4 Å². The van der Waals surface area contributed by atoms with Crippen LogP contribution in [0.4, 0.5) is 29.3 Å². The number of methoxy groups -OCH3 is 1. The molecule has 0 saturated heterocycles. The van der Waals surface area contributed by atoms with Crippen molar-refractivity contribution in [3.8, 4) is 11.3 Å². The third-order valence-corrected chi connectivity index (χ3v) is 4.67. The van der Waals surface area contributed by atoms with E-state index in [1.807, 2.05) is 0 Å². The average molecular weight is 475 g/mol. The first-order valence-electron chi connectivity index (χ1n) is 10.2. The Bertz CT molecular complexity index is 1200. The van der Waals surface area contributed by atoms with Crippen molar-refractivity contribution in [2.45, 2.75) is 32.5 Å². The molecule has 7 nitrogen and oxygen atoms in total. The Hall–Kier alpha value is -3.82. The fraction of sp³-hybridized carbons (Fsp3) is 0.292. The van der Waals surface area contributed by atoms with E-state index in [2.05, 4.69) is 4.98 Å². The topological polar surface area (TPSA) is 73.7 Å². The zero-order valence-corrected chi connectivity index (χ0v) is 19.3. The first kappa shape index (κ1) is 24.8. The maximum absolute atomic E-state index is 13.3. The molecule has 1 heterocycles. The fourth-order valence-electron chi connectivity index (χ4n) is 3.18. The number of esters is 1. The molecule has 34 heavy (non-hydrogen) atoms. The Morgan fingerprint density at radius 1 is 1.03 bits per heavy atom. The first-order chi connectivity index (χ1) is 15.8. The lowest BCUT2D eigenvalue weighted by molar-refractivity contribution is -0.137. The SMILES string of the molecule is COC(=O)c1ccc(N(C(=O)OC(C)(C)C)c2ccc(C(F)(F)F)cc2)c(-c2cn(C)cn2)c1. The summed E-state index contributed by atoms with van der Waals surface area (Å²) < 4.78 is 51.3. The van der Waals surface area contributed by atoms with Gasteiger partial charge in [0, 0.05) is 18.8 Å². The summed E-state index contributed by atoms with van der Waals surface area (Å²) in [5, 5.41) is 0. The predicted molar refractivity (Wildman–Crippen MR) is 120 cm³/mol. The van der Waals surface area contributed by atoms with E-state index in [0.717, 1.165) is 17.0 Å². The van der Waals surface area contributed by atoms with Crippen LogP contribution in [0.25, 0.3) is 11.3 Å². The number of aryl methyl sites for hydroxylation is 1. The number of anilines is 2. The summed E-state index contributed by atoms with van der Waals surface area (Å²) in [5.41, 5.74) is -0.295. The fourth-order valence-corrected chi connectivity index (χ4v) is 3.18. The van der Waals surface area contributed by atoms with Gasteiger partial charge in [-0.3, -0.25) is 0 Å². The Morgan fingerprint density at radius 3 is 2.18 bits per heavy atom. The molecule has 0 aliphatic carbocycles. The van der Waals surface area contributed by atoms with Crippen LogP contribution in [0.5, 0.6) is 0 Å². The molecule has 0 radical (unpaired) electrons. The lowest BCUT2D eigenvalue weighted by Gasteiger charge is -2.29. The van der Waals surface area contributed by atoms with Gasteiger partial charge in [-0.2, -0.15) is 13.2 Å². The molecule has 0 spiro atoms. The van der Waals surface area contributed by atoms with Crippen LogP contribution in [-0.2, 0) is 22.7 Å². The van der Waals surface area contributed by atoms with Gasteiger partial charge >= 0.3 is 18.2 Å². The third-order valence-electron chi connectivity index (χ3n) is 4.67. The van der Waals surface area contributed by atoms with Gasteiger partial charge in [-0.1, -0.05) is 0 Å². The minimum atomic E-state index is -4.53. The van der Waals surface area contributed by atoms with Crippen molar-refractivity contribution in [1.29, 1.82) is 0 Å². The summed E-state index contributed by atoms with van der Waals surface area (Å²) >= 11 is 0. The van der Waals surface area contributed by atoms with Crippen molar-refractivity contribution >= 4 is 23.4 Å². The van der Waals surface area contributed by atoms with E-state index in [-0.39, 0.29) is 16.9 Å². The van der Waals surface area contributed by atoms with Crippen molar-refractivity contribution < 1.29 is 32.2 Å². The third kappa shape index (κ3) is 5.56. The quantitative estimate of drug-likeness (QED) is 0.435. The highest BCUT2D eigenvalue weighted by atomic mass is 19.4. The van der Waals surface area contributed by atoms with Crippen LogP contribution in [0.2, 0.25) is 0 Å². The van der Waals surface area contributed by atoms with E-state index in [9.17, 15) is 22.8 Å². The van der Waals surface area contributed by atoms with Gasteiger partial charge in [0.25, 0.3) is 0 Å². The molecule has 1 aromatic heterocycles. The molecule has 180 valence electrons. The number of hydrogen-bond donors (Lipinski definition) is 0. The lowest BCUT2D eigenvalue weighted by Crippen LogP contribution is -2.34. The van der Waals surface area contributed by atoms with Crippen molar-refractivity contribution in [3.63, 3.8) is 0 Å². The van der Waals surface area contributed by atoms with Gasteiger partial charge in [0.05, 0.1) is 41.6 Å². The minimum absolute atomic E-state index is 0.144. The lowest BCUT2D eigenvalue weighted by atomic mass is 10.0. The average Bonchev–Trinajstić information content (AvgIpc) is 3.18. The van der Waals surface area contributed by atoms with Crippen LogP contribution < -0.4 is 4.90 Å². The number of imidazole rings is 1. The van der Waals surface area contributed by atoms with Crippen LogP contribution in [0.1, 0.15) is 36.7 Å². The molecule has 2 aromatic carbocycles. The van der Waals surface area contributed by atoms with Gasteiger partial charge in [-0.05, 0) is 63.2 Å². The monoisotopic (exact) mass is 475 g/mol. The normalized spacial score (nSPS) is 11.8. The highest BCUT2D eigenvalue weighted by molar-refractivity contribution is 6.02. The van der Waals surface area contributed by atoms with Crippen molar-refractivity contribution in [1.82, 2.24) is 9.55 Å². The van der Waals surface area contributed by atoms with Gasteiger partial charge in [-0.15, -0.1) is 0 Å². The van der Waals surface area contributed by atoms with Crippen LogP contribution in [0.3, 0.4) is 0 Å². The van der Waals surface area contributed by atoms with E-state index >= 15 is 0 Å². The number of nitrogens with zero attached hydrogens (tertiary/aromatic N) is 3. The Kier molecular flexibility index (Phi) is 6.72. The number of ether oxygens (including phenoxy) is 2. The number of hydrogen-bond acceptors (Lipinski definition) is 5. The number of carbonyl (C=O) groups excluding carboxylic acids is 2. The number of rotatable bonds is 4. The smallest absolute Gasteiger partial charge is 0.419 e. The maximum Gasteiger partial charge on any atom is 0.419 e. The van der Waals surface area contributed by atoms with Crippen LogP contribution in [0.15, 0.2) is 55.0 Å². The summed E-state index contributed by atoms with van der Waals surface area (Å²) in [4.78, 5) is 30.9. The van der Waals surface area contributed by atoms with Gasteiger partial charge in [-0.25, -0.2) is 19.5 Å². The Balaban J connectivity index is 2.22. The molecule has 3 aromatic rings. The van der Waals surface area contributed by atoms with Crippen LogP contribution in [0, 0.1) is 0 Å². The summed E-state index contributed by atoms with van der Waals surface area (Å²) in [6.45, 7) is 5.03.